The van der Waals surface area contributed by atoms with E-state index < -0.39 is 0 Å². The third-order valence-corrected chi connectivity index (χ3v) is 2.42. The summed E-state index contributed by atoms with van der Waals surface area (Å²) in [6.07, 6.45) is 5.23. The van der Waals surface area contributed by atoms with Gasteiger partial charge in [0.2, 0.25) is 0 Å². The highest BCUT2D eigenvalue weighted by Gasteiger charge is 2.07. The summed E-state index contributed by atoms with van der Waals surface area (Å²) in [6, 6.07) is 0. The molecule has 13 heavy (non-hydrogen) atoms. The first-order chi connectivity index (χ1) is 6.25. The van der Waals surface area contributed by atoms with Gasteiger partial charge in [-0.3, -0.25) is 4.68 Å². The number of hydrogen-bond donors (Lipinski definition) is 2. The van der Waals surface area contributed by atoms with Gasteiger partial charge in [0.05, 0.1) is 5.69 Å². The van der Waals surface area contributed by atoms with E-state index in [1.807, 2.05) is 7.05 Å². The molecular weight excluding hydrogens is 186 g/mol. The maximum Gasteiger partial charge on any atom is 0.171 e. The molecule has 0 saturated heterocycles. The van der Waals surface area contributed by atoms with Crippen molar-refractivity contribution in [2.45, 2.75) is 10.2 Å². The number of hydrogen-bond acceptors (Lipinski definition) is 4. The van der Waals surface area contributed by atoms with Crippen LogP contribution in [0, 0.1) is 0 Å². The SMILES string of the molecule is Cn1cc(N)c(Sc2ncc[nH]2)n1. The van der Waals surface area contributed by atoms with Crippen molar-refractivity contribution in [3.8, 4) is 0 Å². The number of aryl methyl sites for hydroxylation is 1. The number of nitrogen functional groups attached to an aromatic ring is 1. The number of aromatic amines is 1. The van der Waals surface area contributed by atoms with Crippen LogP contribution < -0.4 is 5.73 Å². The molecule has 6 heteroatoms. The van der Waals surface area contributed by atoms with Crippen molar-refractivity contribution in [1.29, 1.82) is 0 Å². The van der Waals surface area contributed by atoms with E-state index in [-0.39, 0.29) is 0 Å². The highest BCUT2D eigenvalue weighted by atomic mass is 32.2. The summed E-state index contributed by atoms with van der Waals surface area (Å²) in [5.41, 5.74) is 6.38. The Kier molecular flexibility index (Phi) is 1.97. The lowest BCUT2D eigenvalue weighted by Gasteiger charge is -1.92. The molecule has 0 saturated carbocycles. The first kappa shape index (κ1) is 8.18. The van der Waals surface area contributed by atoms with Gasteiger partial charge in [0, 0.05) is 25.6 Å². The Morgan fingerprint density at radius 1 is 1.62 bits per heavy atom. The largest absolute Gasteiger partial charge is 0.395 e. The molecule has 0 atom stereocenters. The molecule has 68 valence electrons. The van der Waals surface area contributed by atoms with E-state index >= 15 is 0 Å². The molecular formula is C7H9N5S. The Hall–Kier alpha value is -1.43. The van der Waals surface area contributed by atoms with Crippen LogP contribution >= 0.6 is 11.8 Å². The van der Waals surface area contributed by atoms with Crippen molar-refractivity contribution in [1.82, 2.24) is 19.7 Å². The maximum atomic E-state index is 5.71. The van der Waals surface area contributed by atoms with E-state index in [1.165, 1.54) is 11.8 Å². The van der Waals surface area contributed by atoms with Gasteiger partial charge in [-0.15, -0.1) is 0 Å². The van der Waals surface area contributed by atoms with Crippen LogP contribution in [0.4, 0.5) is 5.69 Å². The minimum Gasteiger partial charge on any atom is -0.395 e. The topological polar surface area (TPSA) is 72.5 Å². The first-order valence-corrected chi connectivity index (χ1v) is 4.53. The summed E-state index contributed by atoms with van der Waals surface area (Å²) in [7, 11) is 1.84. The Labute approximate surface area is 79.4 Å². The fourth-order valence-corrected chi connectivity index (χ4v) is 1.73. The lowest BCUT2D eigenvalue weighted by Crippen LogP contribution is -1.86. The van der Waals surface area contributed by atoms with Gasteiger partial charge < -0.3 is 10.7 Å². The van der Waals surface area contributed by atoms with E-state index in [2.05, 4.69) is 15.1 Å². The van der Waals surface area contributed by atoms with Gasteiger partial charge in [0.25, 0.3) is 0 Å². The molecule has 0 aliphatic heterocycles. The molecule has 0 aliphatic carbocycles. The van der Waals surface area contributed by atoms with Gasteiger partial charge in [-0.2, -0.15) is 5.10 Å². The summed E-state index contributed by atoms with van der Waals surface area (Å²) in [4.78, 5) is 7.03. The second kappa shape index (κ2) is 3.14. The predicted octanol–water partition coefficient (Wildman–Crippen LogP) is 0.877. The molecule has 3 N–H and O–H groups in total. The number of nitrogens with zero attached hydrogens (tertiary/aromatic N) is 3. The van der Waals surface area contributed by atoms with Crippen LogP contribution in [-0.2, 0) is 7.05 Å². The molecule has 2 aromatic heterocycles. The number of nitrogens with two attached hydrogens (primary N) is 1. The molecule has 0 bridgehead atoms. The molecule has 5 nitrogen and oxygen atoms in total. The lowest BCUT2D eigenvalue weighted by atomic mass is 10.6. The number of rotatable bonds is 2. The van der Waals surface area contributed by atoms with Crippen molar-refractivity contribution in [3.05, 3.63) is 18.6 Å². The van der Waals surface area contributed by atoms with Gasteiger partial charge in [-0.05, 0) is 11.8 Å². The number of imidazole rings is 1. The zero-order valence-electron chi connectivity index (χ0n) is 7.06. The molecule has 2 rings (SSSR count). The van der Waals surface area contributed by atoms with Crippen LogP contribution in [0.5, 0.6) is 0 Å². The minimum atomic E-state index is 0.670. The Morgan fingerprint density at radius 3 is 3.00 bits per heavy atom. The third kappa shape index (κ3) is 1.67. The van der Waals surface area contributed by atoms with Gasteiger partial charge >= 0.3 is 0 Å². The van der Waals surface area contributed by atoms with E-state index in [1.54, 1.807) is 23.3 Å². The fourth-order valence-electron chi connectivity index (χ4n) is 0.964. The van der Waals surface area contributed by atoms with Gasteiger partial charge in [-0.25, -0.2) is 4.98 Å². The van der Waals surface area contributed by atoms with Crippen molar-refractivity contribution in [3.63, 3.8) is 0 Å². The summed E-state index contributed by atoms with van der Waals surface area (Å²) >= 11 is 1.42. The Morgan fingerprint density at radius 2 is 2.46 bits per heavy atom. The Balaban J connectivity index is 2.23. The van der Waals surface area contributed by atoms with Crippen LogP contribution in [0.1, 0.15) is 0 Å². The number of anilines is 1. The molecule has 0 fully saturated rings. The van der Waals surface area contributed by atoms with Gasteiger partial charge in [-0.1, -0.05) is 0 Å². The molecule has 0 aromatic carbocycles. The average molecular weight is 195 g/mol. The monoisotopic (exact) mass is 195 g/mol. The van der Waals surface area contributed by atoms with Crippen molar-refractivity contribution >= 4 is 17.4 Å². The highest BCUT2D eigenvalue weighted by Crippen LogP contribution is 2.27. The third-order valence-electron chi connectivity index (χ3n) is 1.49. The second-order valence-electron chi connectivity index (χ2n) is 2.56. The van der Waals surface area contributed by atoms with Crippen LogP contribution in [0.15, 0.2) is 28.8 Å². The molecule has 0 spiro atoms. The summed E-state index contributed by atoms with van der Waals surface area (Å²) in [6.45, 7) is 0. The lowest BCUT2D eigenvalue weighted by molar-refractivity contribution is 0.737. The van der Waals surface area contributed by atoms with Crippen LogP contribution in [-0.4, -0.2) is 19.7 Å². The first-order valence-electron chi connectivity index (χ1n) is 3.72. The molecule has 2 aromatic rings. The van der Waals surface area contributed by atoms with E-state index in [0.717, 1.165) is 10.2 Å². The normalized spacial score (nSPS) is 10.5. The van der Waals surface area contributed by atoms with Gasteiger partial charge in [0.15, 0.2) is 5.16 Å². The van der Waals surface area contributed by atoms with E-state index in [0.29, 0.717) is 5.69 Å². The van der Waals surface area contributed by atoms with Crippen LogP contribution in [0.25, 0.3) is 0 Å². The molecule has 2 heterocycles. The van der Waals surface area contributed by atoms with E-state index in [4.69, 9.17) is 5.73 Å². The standard InChI is InChI=1S/C7H9N5S/c1-12-4-5(8)6(11-12)13-7-9-2-3-10-7/h2-4H,8H2,1H3,(H,9,10). The molecule has 0 aliphatic rings. The van der Waals surface area contributed by atoms with Crippen molar-refractivity contribution in [2.24, 2.45) is 7.05 Å². The fraction of sp³-hybridized carbons (Fsp3) is 0.143. The quantitative estimate of drug-likeness (QED) is 0.746. The predicted molar refractivity (Wildman–Crippen MR) is 50.3 cm³/mol. The zero-order chi connectivity index (χ0) is 9.26. The molecule has 0 unspecified atom stereocenters. The summed E-state index contributed by atoms with van der Waals surface area (Å²) < 4.78 is 1.68. The van der Waals surface area contributed by atoms with Crippen molar-refractivity contribution in [2.75, 3.05) is 5.73 Å². The van der Waals surface area contributed by atoms with E-state index in [9.17, 15) is 0 Å². The smallest absolute Gasteiger partial charge is 0.171 e. The van der Waals surface area contributed by atoms with Crippen molar-refractivity contribution < 1.29 is 0 Å². The zero-order valence-corrected chi connectivity index (χ0v) is 7.88. The van der Waals surface area contributed by atoms with Crippen LogP contribution in [0.3, 0.4) is 0 Å². The number of aromatic nitrogens is 4. The second-order valence-corrected chi connectivity index (χ2v) is 3.54. The summed E-state index contributed by atoms with van der Waals surface area (Å²) in [5.74, 6) is 0. The Bertz CT molecular complexity index is 391. The van der Waals surface area contributed by atoms with Gasteiger partial charge in [0.1, 0.15) is 5.03 Å². The molecule has 0 amide bonds. The maximum absolute atomic E-state index is 5.71. The molecule has 0 radical (unpaired) electrons. The van der Waals surface area contributed by atoms with Crippen LogP contribution in [0.2, 0.25) is 0 Å². The highest BCUT2D eigenvalue weighted by molar-refractivity contribution is 7.99. The minimum absolute atomic E-state index is 0.670. The summed E-state index contributed by atoms with van der Waals surface area (Å²) in [5, 5.41) is 5.75. The average Bonchev–Trinajstić information content (AvgIpc) is 2.63. The number of nitrogens with one attached hydrogen (secondary N) is 1. The number of H-pyrrole nitrogens is 1.